The summed E-state index contributed by atoms with van der Waals surface area (Å²) in [6.45, 7) is 4.54. The second-order valence-corrected chi connectivity index (χ2v) is 6.22. The van der Waals surface area contributed by atoms with Gasteiger partial charge in [0.05, 0.1) is 19.0 Å². The smallest absolute Gasteiger partial charge is 0.137 e. The van der Waals surface area contributed by atoms with Gasteiger partial charge in [-0.3, -0.25) is 0 Å². The molecule has 0 aliphatic carbocycles. The lowest BCUT2D eigenvalue weighted by Crippen LogP contribution is -3.21. The molecule has 106 valence electrons. The summed E-state index contributed by atoms with van der Waals surface area (Å²) in [5.41, 5.74) is 1.19. The lowest BCUT2D eigenvalue weighted by Gasteiger charge is -2.44. The Morgan fingerprint density at radius 3 is 2.80 bits per heavy atom. The van der Waals surface area contributed by atoms with Gasteiger partial charge in [-0.1, -0.05) is 18.1 Å². The third-order valence-electron chi connectivity index (χ3n) is 5.01. The van der Waals surface area contributed by atoms with Crippen molar-refractivity contribution in [3.05, 3.63) is 35.6 Å². The number of nitrogens with two attached hydrogens (primary N) is 1. The van der Waals surface area contributed by atoms with Crippen LogP contribution in [-0.2, 0) is 6.54 Å². The highest BCUT2D eigenvalue weighted by atomic mass is 19.1. The highest BCUT2D eigenvalue weighted by Crippen LogP contribution is 2.25. The number of nitrogens with one attached hydrogen (secondary N) is 1. The third-order valence-corrected chi connectivity index (χ3v) is 5.01. The molecule has 4 atom stereocenters. The Morgan fingerprint density at radius 2 is 2.15 bits per heavy atom. The van der Waals surface area contributed by atoms with Crippen molar-refractivity contribution in [3.63, 3.8) is 0 Å². The quantitative estimate of drug-likeness (QED) is 0.711. The van der Waals surface area contributed by atoms with Crippen molar-refractivity contribution < 1.29 is 14.6 Å². The highest BCUT2D eigenvalue weighted by Gasteiger charge is 2.43. The first-order valence-electron chi connectivity index (χ1n) is 7.63. The van der Waals surface area contributed by atoms with Crippen molar-refractivity contribution in [1.82, 2.24) is 0 Å². The van der Waals surface area contributed by atoms with E-state index in [4.69, 9.17) is 6.42 Å². The molecule has 1 aromatic carbocycles. The average molecular weight is 274 g/mol. The Bertz CT molecular complexity index is 491. The summed E-state index contributed by atoms with van der Waals surface area (Å²) in [7, 11) is 0. The van der Waals surface area contributed by atoms with Gasteiger partial charge in [0.15, 0.2) is 0 Å². The molecule has 3 N–H and O–H groups in total. The van der Waals surface area contributed by atoms with Crippen molar-refractivity contribution >= 4 is 0 Å². The Labute approximate surface area is 120 Å². The topological polar surface area (TPSA) is 21.1 Å². The molecule has 0 radical (unpaired) electrons. The van der Waals surface area contributed by atoms with E-state index in [-0.39, 0.29) is 5.82 Å². The van der Waals surface area contributed by atoms with E-state index in [1.165, 1.54) is 37.1 Å². The normalized spacial score (nSPS) is 32.0. The van der Waals surface area contributed by atoms with Gasteiger partial charge in [0.2, 0.25) is 0 Å². The molecule has 3 saturated heterocycles. The monoisotopic (exact) mass is 274 g/mol. The molecule has 3 aliphatic heterocycles. The zero-order valence-corrected chi connectivity index (χ0v) is 11.8. The predicted molar refractivity (Wildman–Crippen MR) is 76.4 cm³/mol. The maximum atomic E-state index is 12.8. The Morgan fingerprint density at radius 1 is 1.35 bits per heavy atom. The zero-order valence-electron chi connectivity index (χ0n) is 11.8. The molecular weight excluding hydrogens is 251 g/mol. The minimum atomic E-state index is -0.158. The van der Waals surface area contributed by atoms with Crippen LogP contribution in [0.3, 0.4) is 0 Å². The van der Waals surface area contributed by atoms with E-state index in [2.05, 4.69) is 11.2 Å². The van der Waals surface area contributed by atoms with Crippen LogP contribution < -0.4 is 10.2 Å². The Balaban J connectivity index is 1.48. The molecule has 20 heavy (non-hydrogen) atoms. The molecule has 2 bridgehead atoms. The van der Waals surface area contributed by atoms with Crippen molar-refractivity contribution in [2.24, 2.45) is 11.8 Å². The zero-order chi connectivity index (χ0) is 13.9. The number of quaternary nitrogens is 2. The molecule has 0 amide bonds. The SMILES string of the molecule is C#C[C@H]1C[NH+]2CC[C@H]1C[C@@H]2C[NH2+]Cc1ccc(F)cc1. The van der Waals surface area contributed by atoms with Gasteiger partial charge >= 0.3 is 0 Å². The first-order valence-corrected chi connectivity index (χ1v) is 7.63. The molecule has 3 fully saturated rings. The van der Waals surface area contributed by atoms with Crippen LogP contribution >= 0.6 is 0 Å². The van der Waals surface area contributed by atoms with Crippen molar-refractivity contribution in [1.29, 1.82) is 0 Å². The fourth-order valence-electron chi connectivity index (χ4n) is 3.84. The molecule has 0 saturated carbocycles. The maximum absolute atomic E-state index is 12.8. The van der Waals surface area contributed by atoms with Gasteiger partial charge in [-0.2, -0.15) is 0 Å². The first-order chi connectivity index (χ1) is 9.76. The molecule has 3 heterocycles. The number of piperidine rings is 3. The summed E-state index contributed by atoms with van der Waals surface area (Å²) in [5.74, 6) is 4.08. The second-order valence-electron chi connectivity index (χ2n) is 6.22. The van der Waals surface area contributed by atoms with Crippen molar-refractivity contribution in [3.8, 4) is 12.3 Å². The van der Waals surface area contributed by atoms with Gasteiger partial charge in [-0.05, 0) is 18.1 Å². The molecule has 1 unspecified atom stereocenters. The summed E-state index contributed by atoms with van der Waals surface area (Å²) in [4.78, 5) is 1.70. The number of halogens is 1. The summed E-state index contributed by atoms with van der Waals surface area (Å²) in [6, 6.07) is 7.58. The summed E-state index contributed by atoms with van der Waals surface area (Å²) in [6.07, 6.45) is 8.21. The van der Waals surface area contributed by atoms with E-state index in [9.17, 15) is 4.39 Å². The minimum Gasteiger partial charge on any atom is -0.338 e. The molecule has 0 aromatic heterocycles. The van der Waals surface area contributed by atoms with Crippen LogP contribution in [0.4, 0.5) is 4.39 Å². The fraction of sp³-hybridized carbons (Fsp3) is 0.529. The standard InChI is InChI=1S/C17H21FN2/c1-2-14-12-20-8-7-15(14)9-17(20)11-19-10-13-3-5-16(18)6-4-13/h1,3-6,14-15,17,19H,7-12H2/p+2/t14-,15-,17+/m0/s1. The van der Waals surface area contributed by atoms with Gasteiger partial charge in [0, 0.05) is 18.4 Å². The molecular formula is C17H23FN2+2. The summed E-state index contributed by atoms with van der Waals surface area (Å²) < 4.78 is 12.8. The van der Waals surface area contributed by atoms with Crippen LogP contribution in [0.15, 0.2) is 24.3 Å². The van der Waals surface area contributed by atoms with Gasteiger partial charge in [-0.15, -0.1) is 6.42 Å². The number of hydrogen-bond donors (Lipinski definition) is 2. The van der Waals surface area contributed by atoms with E-state index >= 15 is 0 Å². The fourth-order valence-corrected chi connectivity index (χ4v) is 3.84. The van der Waals surface area contributed by atoms with E-state index < -0.39 is 0 Å². The number of rotatable bonds is 4. The molecule has 3 heteroatoms. The van der Waals surface area contributed by atoms with Crippen LogP contribution in [-0.4, -0.2) is 25.7 Å². The van der Waals surface area contributed by atoms with Crippen LogP contribution in [0.5, 0.6) is 0 Å². The van der Waals surface area contributed by atoms with Gasteiger partial charge in [-0.25, -0.2) is 4.39 Å². The lowest BCUT2D eigenvalue weighted by atomic mass is 9.76. The van der Waals surface area contributed by atoms with E-state index in [1.807, 2.05) is 12.1 Å². The number of terminal acetylenes is 1. The lowest BCUT2D eigenvalue weighted by molar-refractivity contribution is -0.958. The highest BCUT2D eigenvalue weighted by molar-refractivity contribution is 5.14. The van der Waals surface area contributed by atoms with E-state index in [1.54, 1.807) is 4.90 Å². The van der Waals surface area contributed by atoms with Gasteiger partial charge in [0.1, 0.15) is 24.9 Å². The Kier molecular flexibility index (Phi) is 4.05. The van der Waals surface area contributed by atoms with Gasteiger partial charge < -0.3 is 10.2 Å². The van der Waals surface area contributed by atoms with Crippen LogP contribution in [0, 0.1) is 30.0 Å². The van der Waals surface area contributed by atoms with Crippen LogP contribution in [0.2, 0.25) is 0 Å². The molecule has 0 spiro atoms. The third kappa shape index (κ3) is 2.87. The molecule has 1 aromatic rings. The summed E-state index contributed by atoms with van der Waals surface area (Å²) >= 11 is 0. The number of hydrogen-bond acceptors (Lipinski definition) is 0. The van der Waals surface area contributed by atoms with Crippen molar-refractivity contribution in [2.75, 3.05) is 19.6 Å². The molecule has 4 rings (SSSR count). The molecule has 3 aliphatic rings. The minimum absolute atomic E-state index is 0.158. The largest absolute Gasteiger partial charge is 0.338 e. The second kappa shape index (κ2) is 5.95. The Hall–Kier alpha value is -1.37. The summed E-state index contributed by atoms with van der Waals surface area (Å²) in [5, 5.41) is 2.36. The first kappa shape index (κ1) is 13.6. The van der Waals surface area contributed by atoms with Gasteiger partial charge in [0.25, 0.3) is 0 Å². The average Bonchev–Trinajstić information content (AvgIpc) is 2.50. The predicted octanol–water partition coefficient (Wildman–Crippen LogP) is -0.184. The number of benzene rings is 1. The molecule has 2 nitrogen and oxygen atoms in total. The van der Waals surface area contributed by atoms with Crippen molar-refractivity contribution in [2.45, 2.75) is 25.4 Å². The van der Waals surface area contributed by atoms with E-state index in [0.29, 0.717) is 5.92 Å². The van der Waals surface area contributed by atoms with Crippen LogP contribution in [0.1, 0.15) is 18.4 Å². The number of fused-ring (bicyclic) bond motifs is 3. The maximum Gasteiger partial charge on any atom is 0.137 e. The van der Waals surface area contributed by atoms with E-state index in [0.717, 1.165) is 31.6 Å². The van der Waals surface area contributed by atoms with Crippen LogP contribution in [0.25, 0.3) is 0 Å².